The third-order valence-corrected chi connectivity index (χ3v) is 3.89. The van der Waals surface area contributed by atoms with E-state index in [2.05, 4.69) is 10.6 Å². The maximum Gasteiger partial charge on any atom is 0.315 e. The monoisotopic (exact) mass is 292 g/mol. The van der Waals surface area contributed by atoms with Crippen LogP contribution in [-0.2, 0) is 4.74 Å². The van der Waals surface area contributed by atoms with Crippen molar-refractivity contribution in [2.24, 2.45) is 0 Å². The SMILES string of the molecule is CC1(NC(=O)NCC(CCO)c2ccccc2)CCOC1. The van der Waals surface area contributed by atoms with E-state index < -0.39 is 0 Å². The summed E-state index contributed by atoms with van der Waals surface area (Å²) in [6.45, 7) is 3.84. The van der Waals surface area contributed by atoms with Crippen molar-refractivity contribution in [3.8, 4) is 0 Å². The number of nitrogens with one attached hydrogen (secondary N) is 2. The highest BCUT2D eigenvalue weighted by atomic mass is 16.5. The first-order chi connectivity index (χ1) is 10.1. The molecule has 5 heteroatoms. The number of hydrogen-bond donors (Lipinski definition) is 3. The van der Waals surface area contributed by atoms with E-state index in [0.717, 1.165) is 12.0 Å². The van der Waals surface area contributed by atoms with E-state index in [1.807, 2.05) is 37.3 Å². The number of ether oxygens (including phenoxy) is 1. The zero-order chi connectivity index (χ0) is 15.1. The molecule has 1 heterocycles. The Hall–Kier alpha value is -1.59. The number of amides is 2. The number of benzene rings is 1. The molecule has 1 aliphatic heterocycles. The van der Waals surface area contributed by atoms with Gasteiger partial charge in [0, 0.05) is 25.7 Å². The molecule has 1 fully saturated rings. The third kappa shape index (κ3) is 4.72. The summed E-state index contributed by atoms with van der Waals surface area (Å²) in [6.07, 6.45) is 1.46. The normalized spacial score (nSPS) is 22.8. The summed E-state index contributed by atoms with van der Waals surface area (Å²) in [5.41, 5.74) is 0.853. The fourth-order valence-electron chi connectivity index (χ4n) is 2.57. The van der Waals surface area contributed by atoms with Gasteiger partial charge in [-0.25, -0.2) is 4.79 Å². The van der Waals surface area contributed by atoms with E-state index >= 15 is 0 Å². The molecule has 116 valence electrons. The van der Waals surface area contributed by atoms with Crippen LogP contribution in [-0.4, -0.2) is 43.0 Å². The van der Waals surface area contributed by atoms with E-state index in [1.54, 1.807) is 0 Å². The molecule has 0 aliphatic carbocycles. The summed E-state index contributed by atoms with van der Waals surface area (Å²) >= 11 is 0. The molecule has 21 heavy (non-hydrogen) atoms. The Labute approximate surface area is 125 Å². The first-order valence-corrected chi connectivity index (χ1v) is 7.42. The minimum atomic E-state index is -0.274. The van der Waals surface area contributed by atoms with Crippen LogP contribution in [0.3, 0.4) is 0 Å². The van der Waals surface area contributed by atoms with Gasteiger partial charge in [-0.3, -0.25) is 0 Å². The molecular formula is C16H24N2O3. The van der Waals surface area contributed by atoms with Crippen molar-refractivity contribution in [2.75, 3.05) is 26.4 Å². The summed E-state index contributed by atoms with van der Waals surface area (Å²) in [5.74, 6) is 0.120. The Bertz CT molecular complexity index is 444. The van der Waals surface area contributed by atoms with Crippen LogP contribution >= 0.6 is 0 Å². The quantitative estimate of drug-likeness (QED) is 0.746. The Morgan fingerprint density at radius 1 is 1.43 bits per heavy atom. The second-order valence-electron chi connectivity index (χ2n) is 5.82. The van der Waals surface area contributed by atoms with Gasteiger partial charge in [-0.2, -0.15) is 0 Å². The summed E-state index contributed by atoms with van der Waals surface area (Å²) in [7, 11) is 0. The molecular weight excluding hydrogens is 268 g/mol. The van der Waals surface area contributed by atoms with E-state index in [0.29, 0.717) is 26.2 Å². The van der Waals surface area contributed by atoms with Gasteiger partial charge < -0.3 is 20.5 Å². The van der Waals surface area contributed by atoms with Crippen LogP contribution in [0.15, 0.2) is 30.3 Å². The molecule has 2 amide bonds. The third-order valence-electron chi connectivity index (χ3n) is 3.89. The van der Waals surface area contributed by atoms with Crippen molar-refractivity contribution >= 4 is 6.03 Å². The largest absolute Gasteiger partial charge is 0.396 e. The number of urea groups is 1. The molecule has 2 atom stereocenters. The van der Waals surface area contributed by atoms with Crippen molar-refractivity contribution in [3.63, 3.8) is 0 Å². The summed E-state index contributed by atoms with van der Waals surface area (Å²) in [4.78, 5) is 12.0. The molecule has 2 rings (SSSR count). The van der Waals surface area contributed by atoms with Crippen LogP contribution < -0.4 is 10.6 Å². The Morgan fingerprint density at radius 3 is 2.81 bits per heavy atom. The summed E-state index contributed by atoms with van der Waals surface area (Å²) in [6, 6.07) is 9.76. The molecule has 1 saturated heterocycles. The van der Waals surface area contributed by atoms with Crippen molar-refractivity contribution in [1.82, 2.24) is 10.6 Å². The Kier molecular flexibility index (Phi) is 5.59. The van der Waals surface area contributed by atoms with Gasteiger partial charge in [0.25, 0.3) is 0 Å². The average molecular weight is 292 g/mol. The molecule has 1 aromatic carbocycles. The highest BCUT2D eigenvalue weighted by Gasteiger charge is 2.31. The van der Waals surface area contributed by atoms with Crippen LogP contribution in [0.2, 0.25) is 0 Å². The molecule has 0 bridgehead atoms. The molecule has 3 N–H and O–H groups in total. The summed E-state index contributed by atoms with van der Waals surface area (Å²) < 4.78 is 5.32. The van der Waals surface area contributed by atoms with Crippen LogP contribution in [0.25, 0.3) is 0 Å². The lowest BCUT2D eigenvalue weighted by molar-refractivity contribution is 0.170. The second kappa shape index (κ2) is 7.43. The number of aliphatic hydroxyl groups is 1. The van der Waals surface area contributed by atoms with Gasteiger partial charge in [0.1, 0.15) is 0 Å². The maximum atomic E-state index is 12.0. The first-order valence-electron chi connectivity index (χ1n) is 7.42. The highest BCUT2D eigenvalue weighted by molar-refractivity contribution is 5.74. The molecule has 0 saturated carbocycles. The van der Waals surface area contributed by atoms with Crippen LogP contribution in [0.4, 0.5) is 4.79 Å². The minimum Gasteiger partial charge on any atom is -0.396 e. The van der Waals surface area contributed by atoms with E-state index in [-0.39, 0.29) is 24.1 Å². The van der Waals surface area contributed by atoms with Gasteiger partial charge in [-0.05, 0) is 25.3 Å². The molecule has 1 aliphatic rings. The minimum absolute atomic E-state index is 0.106. The number of hydrogen-bond acceptors (Lipinski definition) is 3. The molecule has 2 unspecified atom stereocenters. The van der Waals surface area contributed by atoms with Crippen molar-refractivity contribution < 1.29 is 14.6 Å². The van der Waals surface area contributed by atoms with Crippen LogP contribution in [0, 0.1) is 0 Å². The zero-order valence-corrected chi connectivity index (χ0v) is 12.5. The van der Waals surface area contributed by atoms with Crippen molar-refractivity contribution in [1.29, 1.82) is 0 Å². The van der Waals surface area contributed by atoms with Gasteiger partial charge in [0.15, 0.2) is 0 Å². The Morgan fingerprint density at radius 2 is 2.19 bits per heavy atom. The number of aliphatic hydroxyl groups excluding tert-OH is 1. The average Bonchev–Trinajstić information content (AvgIpc) is 2.90. The fourth-order valence-corrected chi connectivity index (χ4v) is 2.57. The topological polar surface area (TPSA) is 70.6 Å². The van der Waals surface area contributed by atoms with Gasteiger partial charge >= 0.3 is 6.03 Å². The highest BCUT2D eigenvalue weighted by Crippen LogP contribution is 2.19. The van der Waals surface area contributed by atoms with Crippen LogP contribution in [0.1, 0.15) is 31.2 Å². The fraction of sp³-hybridized carbons (Fsp3) is 0.562. The van der Waals surface area contributed by atoms with E-state index in [9.17, 15) is 9.90 Å². The van der Waals surface area contributed by atoms with Gasteiger partial charge in [0.05, 0.1) is 12.1 Å². The number of carbonyl (C=O) groups is 1. The van der Waals surface area contributed by atoms with Gasteiger partial charge in [-0.15, -0.1) is 0 Å². The standard InChI is InChI=1S/C16H24N2O3/c1-16(8-10-21-12-16)18-15(20)17-11-14(7-9-19)13-5-3-2-4-6-13/h2-6,14,19H,7-12H2,1H3,(H2,17,18,20). The lowest BCUT2D eigenvalue weighted by atomic mass is 9.96. The number of rotatable bonds is 6. The number of carbonyl (C=O) groups excluding carboxylic acids is 1. The van der Waals surface area contributed by atoms with E-state index in [1.165, 1.54) is 0 Å². The lowest BCUT2D eigenvalue weighted by Gasteiger charge is -2.25. The second-order valence-corrected chi connectivity index (χ2v) is 5.82. The molecule has 1 aromatic rings. The molecule has 0 radical (unpaired) electrons. The van der Waals surface area contributed by atoms with Gasteiger partial charge in [-0.1, -0.05) is 30.3 Å². The van der Waals surface area contributed by atoms with Crippen molar-refractivity contribution in [3.05, 3.63) is 35.9 Å². The first kappa shape index (κ1) is 15.8. The van der Waals surface area contributed by atoms with Crippen molar-refractivity contribution in [2.45, 2.75) is 31.2 Å². The van der Waals surface area contributed by atoms with Crippen LogP contribution in [0.5, 0.6) is 0 Å². The smallest absolute Gasteiger partial charge is 0.315 e. The maximum absolute atomic E-state index is 12.0. The molecule has 0 aromatic heterocycles. The molecule has 5 nitrogen and oxygen atoms in total. The predicted molar refractivity (Wildman–Crippen MR) is 81.3 cm³/mol. The predicted octanol–water partition coefficient (Wildman–Crippen LogP) is 1.63. The van der Waals surface area contributed by atoms with Gasteiger partial charge in [0.2, 0.25) is 0 Å². The lowest BCUT2D eigenvalue weighted by Crippen LogP contribution is -2.51. The Balaban J connectivity index is 1.85. The molecule has 0 spiro atoms. The zero-order valence-electron chi connectivity index (χ0n) is 12.5. The van der Waals surface area contributed by atoms with E-state index in [4.69, 9.17) is 4.74 Å². The summed E-state index contributed by atoms with van der Waals surface area (Å²) in [5, 5.41) is 15.1.